The molecular weight excluding hydrogens is 372 g/mol. The molecule has 9 heteroatoms. The minimum absolute atomic E-state index is 0.105. The van der Waals surface area contributed by atoms with Crippen LogP contribution in [0, 0.1) is 0 Å². The average Bonchev–Trinajstić information content (AvgIpc) is 3.15. The monoisotopic (exact) mass is 396 g/mol. The molecule has 0 spiro atoms. The maximum Gasteiger partial charge on any atom is 0.332 e. The van der Waals surface area contributed by atoms with Crippen molar-refractivity contribution in [2.75, 3.05) is 11.4 Å². The molecule has 1 aliphatic rings. The second-order valence-corrected chi connectivity index (χ2v) is 7.35. The van der Waals surface area contributed by atoms with Gasteiger partial charge in [0.15, 0.2) is 11.2 Å². The van der Waals surface area contributed by atoms with E-state index in [9.17, 15) is 14.4 Å². The Kier molecular flexibility index (Phi) is 5.04. The number of carbonyl (C=O) groups excluding carboxylic acids is 1. The highest BCUT2D eigenvalue weighted by Crippen LogP contribution is 2.27. The number of anilines is 1. The molecule has 1 aromatic carbocycles. The summed E-state index contributed by atoms with van der Waals surface area (Å²) in [7, 11) is 1.44. The van der Waals surface area contributed by atoms with E-state index in [0.717, 1.165) is 41.5 Å². The maximum atomic E-state index is 13.1. The highest BCUT2D eigenvalue weighted by atomic mass is 16.2. The van der Waals surface area contributed by atoms with E-state index >= 15 is 0 Å². The topological polar surface area (TPSA) is 95.0 Å². The molecule has 0 fully saturated rings. The third-order valence-corrected chi connectivity index (χ3v) is 5.43. The smallest absolute Gasteiger partial charge is 0.311 e. The van der Waals surface area contributed by atoms with E-state index in [1.54, 1.807) is 4.90 Å². The number of aromatic nitrogens is 5. The summed E-state index contributed by atoms with van der Waals surface area (Å²) in [5.41, 5.74) is 1.55. The molecule has 3 aromatic rings. The van der Waals surface area contributed by atoms with Gasteiger partial charge in [-0.3, -0.25) is 18.7 Å². The van der Waals surface area contributed by atoms with Crippen LogP contribution in [-0.2, 0) is 31.4 Å². The molecule has 3 heterocycles. The van der Waals surface area contributed by atoms with E-state index in [1.807, 2.05) is 31.2 Å². The van der Waals surface area contributed by atoms with Gasteiger partial charge in [0, 0.05) is 25.8 Å². The van der Waals surface area contributed by atoms with Crippen molar-refractivity contribution in [3.8, 4) is 0 Å². The lowest BCUT2D eigenvalue weighted by Crippen LogP contribution is -2.40. The molecule has 9 nitrogen and oxygen atoms in total. The number of hydrogen-bond acceptors (Lipinski definition) is 5. The minimum atomic E-state index is -0.491. The summed E-state index contributed by atoms with van der Waals surface area (Å²) >= 11 is 0. The number of benzene rings is 1. The number of aryl methyl sites for hydroxylation is 2. The van der Waals surface area contributed by atoms with Gasteiger partial charge >= 0.3 is 5.69 Å². The summed E-state index contributed by atoms with van der Waals surface area (Å²) in [6.07, 6.45) is 3.51. The van der Waals surface area contributed by atoms with Crippen LogP contribution >= 0.6 is 0 Å². The second kappa shape index (κ2) is 7.65. The molecule has 2 aromatic heterocycles. The van der Waals surface area contributed by atoms with E-state index < -0.39 is 11.2 Å². The Morgan fingerprint density at radius 1 is 1.21 bits per heavy atom. The number of rotatable bonds is 5. The van der Waals surface area contributed by atoms with Crippen LogP contribution in [0.5, 0.6) is 0 Å². The number of amides is 1. The van der Waals surface area contributed by atoms with Gasteiger partial charge in [-0.2, -0.15) is 0 Å². The van der Waals surface area contributed by atoms with Gasteiger partial charge in [-0.15, -0.1) is 5.10 Å². The van der Waals surface area contributed by atoms with Gasteiger partial charge < -0.3 is 4.90 Å². The van der Waals surface area contributed by atoms with Crippen molar-refractivity contribution in [2.45, 2.75) is 45.7 Å². The van der Waals surface area contributed by atoms with Gasteiger partial charge in [0.2, 0.25) is 5.91 Å². The first kappa shape index (κ1) is 19.1. The van der Waals surface area contributed by atoms with E-state index in [0.29, 0.717) is 13.1 Å². The molecule has 0 unspecified atom stereocenters. The maximum absolute atomic E-state index is 13.1. The molecular formula is C20H24N6O3. The first-order valence-corrected chi connectivity index (χ1v) is 9.94. The van der Waals surface area contributed by atoms with E-state index in [2.05, 4.69) is 10.3 Å². The summed E-state index contributed by atoms with van der Waals surface area (Å²) in [4.78, 5) is 40.0. The lowest BCUT2D eigenvalue weighted by molar-refractivity contribution is -0.119. The van der Waals surface area contributed by atoms with Crippen molar-refractivity contribution in [1.82, 2.24) is 24.1 Å². The molecule has 152 valence electrons. The fourth-order valence-electron chi connectivity index (χ4n) is 3.84. The summed E-state index contributed by atoms with van der Waals surface area (Å²) in [5, 5.41) is 8.11. The van der Waals surface area contributed by atoms with Crippen molar-refractivity contribution in [3.63, 3.8) is 0 Å². The highest BCUT2D eigenvalue weighted by Gasteiger charge is 2.25. The van der Waals surface area contributed by atoms with Crippen LogP contribution in [0.25, 0.3) is 11.2 Å². The van der Waals surface area contributed by atoms with Crippen LogP contribution in [0.4, 0.5) is 5.69 Å². The number of hydrogen-bond donors (Lipinski definition) is 0. The summed E-state index contributed by atoms with van der Waals surface area (Å²) in [6, 6.07) is 7.85. The third-order valence-electron chi connectivity index (χ3n) is 5.43. The van der Waals surface area contributed by atoms with E-state index in [-0.39, 0.29) is 23.6 Å². The number of unbranched alkanes of at least 4 members (excludes halogenated alkanes) is 1. The predicted octanol–water partition coefficient (Wildman–Crippen LogP) is 1.07. The Hall–Kier alpha value is -3.23. The molecule has 0 saturated carbocycles. The van der Waals surface area contributed by atoms with Crippen LogP contribution in [0.1, 0.15) is 31.7 Å². The molecule has 0 saturated heterocycles. The zero-order valence-corrected chi connectivity index (χ0v) is 16.7. The molecule has 0 bridgehead atoms. The molecule has 29 heavy (non-hydrogen) atoms. The summed E-state index contributed by atoms with van der Waals surface area (Å²) in [5.74, 6) is -0.155. The number of fused-ring (bicyclic) bond motifs is 2. The number of para-hydroxylation sites is 1. The Labute approximate surface area is 167 Å². The first-order valence-electron chi connectivity index (χ1n) is 9.94. The SMILES string of the molecule is CCCCn1c(=O)n(C)c(=O)c2c1nnn2CC(=O)N1CCCc2ccccc21. The predicted molar refractivity (Wildman–Crippen MR) is 109 cm³/mol. The lowest BCUT2D eigenvalue weighted by atomic mass is 10.0. The van der Waals surface area contributed by atoms with Gasteiger partial charge in [-0.25, -0.2) is 9.48 Å². The van der Waals surface area contributed by atoms with Crippen LogP contribution in [0.3, 0.4) is 0 Å². The van der Waals surface area contributed by atoms with Gasteiger partial charge in [0.1, 0.15) is 6.54 Å². The van der Waals surface area contributed by atoms with Crippen molar-refractivity contribution < 1.29 is 4.79 Å². The zero-order valence-electron chi connectivity index (χ0n) is 16.7. The number of nitrogens with zero attached hydrogens (tertiary/aromatic N) is 6. The van der Waals surface area contributed by atoms with Crippen LogP contribution in [-0.4, -0.2) is 36.6 Å². The fourth-order valence-corrected chi connectivity index (χ4v) is 3.84. The van der Waals surface area contributed by atoms with Gasteiger partial charge in [-0.1, -0.05) is 36.8 Å². The Morgan fingerprint density at radius 3 is 2.79 bits per heavy atom. The van der Waals surface area contributed by atoms with E-state index in [4.69, 9.17) is 0 Å². The Balaban J connectivity index is 1.73. The largest absolute Gasteiger partial charge is 0.332 e. The highest BCUT2D eigenvalue weighted by molar-refractivity contribution is 5.94. The van der Waals surface area contributed by atoms with Crippen molar-refractivity contribution >= 4 is 22.8 Å². The van der Waals surface area contributed by atoms with Crippen LogP contribution < -0.4 is 16.1 Å². The van der Waals surface area contributed by atoms with Crippen LogP contribution in [0.15, 0.2) is 33.9 Å². The van der Waals surface area contributed by atoms with Crippen molar-refractivity contribution in [3.05, 3.63) is 50.7 Å². The third kappa shape index (κ3) is 3.26. The van der Waals surface area contributed by atoms with Gasteiger partial charge in [-0.05, 0) is 30.9 Å². The van der Waals surface area contributed by atoms with Crippen molar-refractivity contribution in [1.29, 1.82) is 0 Å². The lowest BCUT2D eigenvalue weighted by Gasteiger charge is -2.29. The standard InChI is InChI=1S/C20H24N6O3/c1-3-4-11-25-18-17(19(28)23(2)20(25)29)26(22-21-18)13-16(27)24-12-7-9-14-8-5-6-10-15(14)24/h5-6,8,10H,3-4,7,9,11-13H2,1-2H3. The summed E-state index contributed by atoms with van der Waals surface area (Å²) in [6.45, 7) is 3.00. The van der Waals surface area contributed by atoms with Crippen LogP contribution in [0.2, 0.25) is 0 Å². The summed E-state index contributed by atoms with van der Waals surface area (Å²) < 4.78 is 3.84. The molecule has 0 N–H and O–H groups in total. The molecule has 4 rings (SSSR count). The second-order valence-electron chi connectivity index (χ2n) is 7.35. The molecule has 1 aliphatic heterocycles. The molecule has 0 atom stereocenters. The zero-order chi connectivity index (χ0) is 20.5. The molecule has 1 amide bonds. The molecule has 0 aliphatic carbocycles. The minimum Gasteiger partial charge on any atom is -0.311 e. The Bertz CT molecular complexity index is 1190. The fraction of sp³-hybridized carbons (Fsp3) is 0.450. The average molecular weight is 396 g/mol. The number of carbonyl (C=O) groups is 1. The van der Waals surface area contributed by atoms with Crippen molar-refractivity contribution in [2.24, 2.45) is 7.05 Å². The normalized spacial score (nSPS) is 13.7. The van der Waals surface area contributed by atoms with E-state index in [1.165, 1.54) is 16.3 Å². The first-order chi connectivity index (χ1) is 14.0. The van der Waals surface area contributed by atoms with Gasteiger partial charge in [0.05, 0.1) is 0 Å². The van der Waals surface area contributed by atoms with Gasteiger partial charge in [0.25, 0.3) is 5.56 Å². The Morgan fingerprint density at radius 2 is 2.00 bits per heavy atom. The molecule has 0 radical (unpaired) electrons. The quantitative estimate of drug-likeness (QED) is 0.643.